The second-order valence-corrected chi connectivity index (χ2v) is 4.63. The first-order valence-electron chi connectivity index (χ1n) is 6.40. The second-order valence-electron chi connectivity index (χ2n) is 4.63. The highest BCUT2D eigenvalue weighted by Gasteiger charge is 2.07. The van der Waals surface area contributed by atoms with Gasteiger partial charge >= 0.3 is 0 Å². The number of nitrogens with zero attached hydrogens (tertiary/aromatic N) is 2. The monoisotopic (exact) mass is 259 g/mol. The van der Waals surface area contributed by atoms with Gasteiger partial charge in [-0.15, -0.1) is 0 Å². The lowest BCUT2D eigenvalue weighted by molar-refractivity contribution is 1.27. The Morgan fingerprint density at radius 1 is 1.15 bits per heavy atom. The molecular weight excluding hydrogens is 246 g/mol. The van der Waals surface area contributed by atoms with Crippen LogP contribution in [0.2, 0.25) is 0 Å². The van der Waals surface area contributed by atoms with E-state index in [4.69, 9.17) is 0 Å². The lowest BCUT2D eigenvalue weighted by atomic mass is 10.1. The number of aryl methyl sites for hydroxylation is 1. The number of allylic oxidation sites excluding steroid dienone is 1. The number of benzene rings is 2. The number of imidazole rings is 1. The predicted octanol–water partition coefficient (Wildman–Crippen LogP) is 3.94. The number of nitrogens with one attached hydrogen (secondary N) is 1. The zero-order valence-electron chi connectivity index (χ0n) is 11.1. The lowest BCUT2D eigenvalue weighted by Crippen LogP contribution is -1.86. The fourth-order valence-corrected chi connectivity index (χ4v) is 2.14. The van der Waals surface area contributed by atoms with Gasteiger partial charge in [0.2, 0.25) is 0 Å². The SMILES string of the molecule is Cc1ccccc1C=C(C#N)c1nc2ccccc2[nH]1. The largest absolute Gasteiger partial charge is 0.337 e. The van der Waals surface area contributed by atoms with Crippen LogP contribution < -0.4 is 0 Å². The van der Waals surface area contributed by atoms with Crippen molar-refractivity contribution < 1.29 is 0 Å². The van der Waals surface area contributed by atoms with Crippen molar-refractivity contribution in [3.8, 4) is 6.07 Å². The molecule has 1 heterocycles. The van der Waals surface area contributed by atoms with Gasteiger partial charge in [0.25, 0.3) is 0 Å². The summed E-state index contributed by atoms with van der Waals surface area (Å²) in [6.45, 7) is 2.03. The van der Waals surface area contributed by atoms with Gasteiger partial charge in [0, 0.05) is 0 Å². The normalized spacial score (nSPS) is 11.5. The molecule has 3 heteroatoms. The van der Waals surface area contributed by atoms with E-state index in [0.717, 1.165) is 22.2 Å². The van der Waals surface area contributed by atoms with Crippen molar-refractivity contribution in [1.82, 2.24) is 9.97 Å². The highest BCUT2D eigenvalue weighted by Crippen LogP contribution is 2.20. The van der Waals surface area contributed by atoms with Crippen LogP contribution in [0.1, 0.15) is 17.0 Å². The summed E-state index contributed by atoms with van der Waals surface area (Å²) in [4.78, 5) is 7.65. The van der Waals surface area contributed by atoms with Gasteiger partial charge in [-0.05, 0) is 36.3 Å². The third-order valence-corrected chi connectivity index (χ3v) is 3.25. The van der Waals surface area contributed by atoms with Crippen molar-refractivity contribution in [2.75, 3.05) is 0 Å². The third-order valence-electron chi connectivity index (χ3n) is 3.25. The summed E-state index contributed by atoms with van der Waals surface area (Å²) in [6, 6.07) is 18.0. The minimum absolute atomic E-state index is 0.537. The number of H-pyrrole nitrogens is 1. The second kappa shape index (κ2) is 5.02. The summed E-state index contributed by atoms with van der Waals surface area (Å²) < 4.78 is 0. The van der Waals surface area contributed by atoms with Crippen molar-refractivity contribution in [3.63, 3.8) is 0 Å². The Morgan fingerprint density at radius 2 is 1.90 bits per heavy atom. The van der Waals surface area contributed by atoms with Crippen molar-refractivity contribution in [1.29, 1.82) is 5.26 Å². The zero-order valence-corrected chi connectivity index (χ0v) is 11.1. The molecule has 0 atom stereocenters. The Hall–Kier alpha value is -2.86. The van der Waals surface area contributed by atoms with Gasteiger partial charge in [-0.3, -0.25) is 0 Å². The van der Waals surface area contributed by atoms with Crippen molar-refractivity contribution in [2.24, 2.45) is 0 Å². The van der Waals surface area contributed by atoms with Gasteiger partial charge in [0.05, 0.1) is 16.6 Å². The van der Waals surface area contributed by atoms with E-state index in [0.29, 0.717) is 11.4 Å². The highest BCUT2D eigenvalue weighted by atomic mass is 14.9. The molecule has 0 bridgehead atoms. The van der Waals surface area contributed by atoms with E-state index >= 15 is 0 Å². The van der Waals surface area contributed by atoms with Crippen molar-refractivity contribution in [3.05, 3.63) is 65.5 Å². The molecule has 20 heavy (non-hydrogen) atoms. The molecular formula is C17H13N3. The molecule has 0 aliphatic heterocycles. The van der Waals surface area contributed by atoms with E-state index in [-0.39, 0.29) is 0 Å². The molecule has 1 aromatic heterocycles. The van der Waals surface area contributed by atoms with Gasteiger partial charge in [-0.25, -0.2) is 4.98 Å². The fourth-order valence-electron chi connectivity index (χ4n) is 2.14. The maximum atomic E-state index is 9.38. The number of aromatic nitrogens is 2. The molecule has 0 aliphatic carbocycles. The number of nitriles is 1. The maximum Gasteiger partial charge on any atom is 0.149 e. The average Bonchev–Trinajstić information content (AvgIpc) is 2.90. The Balaban J connectivity index is 2.10. The summed E-state index contributed by atoms with van der Waals surface area (Å²) in [5, 5.41) is 9.38. The van der Waals surface area contributed by atoms with Gasteiger partial charge in [-0.2, -0.15) is 5.26 Å². The van der Waals surface area contributed by atoms with Crippen LogP contribution in [0.5, 0.6) is 0 Å². The standard InChI is InChI=1S/C17H13N3/c1-12-6-2-3-7-13(12)10-14(11-18)17-19-15-8-4-5-9-16(15)20-17/h2-10H,1H3,(H,19,20). The Kier molecular flexibility index (Phi) is 3.06. The van der Waals surface area contributed by atoms with Gasteiger partial charge in [-0.1, -0.05) is 36.4 Å². The van der Waals surface area contributed by atoms with E-state index in [9.17, 15) is 5.26 Å². The van der Waals surface area contributed by atoms with Crippen LogP contribution in [0.25, 0.3) is 22.7 Å². The third kappa shape index (κ3) is 2.19. The highest BCUT2D eigenvalue weighted by molar-refractivity contribution is 5.90. The molecule has 96 valence electrons. The number of fused-ring (bicyclic) bond motifs is 1. The fraction of sp³-hybridized carbons (Fsp3) is 0.0588. The van der Waals surface area contributed by atoms with Crippen LogP contribution >= 0.6 is 0 Å². The first kappa shape index (κ1) is 12.2. The number of hydrogen-bond donors (Lipinski definition) is 1. The summed E-state index contributed by atoms with van der Waals surface area (Å²) in [6.07, 6.45) is 1.87. The molecule has 3 rings (SSSR count). The Morgan fingerprint density at radius 3 is 2.65 bits per heavy atom. The number of rotatable bonds is 2. The van der Waals surface area contributed by atoms with Crippen LogP contribution in [0.3, 0.4) is 0 Å². The molecule has 0 fully saturated rings. The molecule has 0 saturated heterocycles. The summed E-state index contributed by atoms with van der Waals surface area (Å²) >= 11 is 0. The molecule has 0 amide bonds. The minimum Gasteiger partial charge on any atom is -0.337 e. The summed E-state index contributed by atoms with van der Waals surface area (Å²) in [7, 11) is 0. The van der Waals surface area contributed by atoms with Crippen LogP contribution in [0, 0.1) is 18.3 Å². The molecule has 0 aliphatic rings. The molecule has 0 saturated carbocycles. The maximum absolute atomic E-state index is 9.38. The molecule has 0 unspecified atom stereocenters. The molecule has 2 aromatic carbocycles. The predicted molar refractivity (Wildman–Crippen MR) is 80.8 cm³/mol. The number of para-hydroxylation sites is 2. The lowest BCUT2D eigenvalue weighted by Gasteiger charge is -1.99. The molecule has 0 spiro atoms. The van der Waals surface area contributed by atoms with Crippen LogP contribution in [0.15, 0.2) is 48.5 Å². The Labute approximate surface area is 117 Å². The van der Waals surface area contributed by atoms with Gasteiger partial charge < -0.3 is 4.98 Å². The minimum atomic E-state index is 0.537. The van der Waals surface area contributed by atoms with Crippen LogP contribution in [0.4, 0.5) is 0 Å². The van der Waals surface area contributed by atoms with Crippen molar-refractivity contribution >= 4 is 22.7 Å². The summed E-state index contributed by atoms with van der Waals surface area (Å²) in [5.74, 6) is 0.608. The summed E-state index contributed by atoms with van der Waals surface area (Å²) in [5.41, 5.74) is 4.51. The van der Waals surface area contributed by atoms with E-state index < -0.39 is 0 Å². The molecule has 3 aromatic rings. The quantitative estimate of drug-likeness (QED) is 0.709. The zero-order chi connectivity index (χ0) is 13.9. The van der Waals surface area contributed by atoms with Gasteiger partial charge in [0.15, 0.2) is 0 Å². The molecule has 0 radical (unpaired) electrons. The average molecular weight is 259 g/mol. The van der Waals surface area contributed by atoms with E-state index in [1.807, 2.05) is 61.5 Å². The molecule has 1 N–H and O–H groups in total. The Bertz CT molecular complexity index is 802. The van der Waals surface area contributed by atoms with Crippen molar-refractivity contribution in [2.45, 2.75) is 6.92 Å². The first-order chi connectivity index (χ1) is 9.78. The molecule has 3 nitrogen and oxygen atoms in total. The van der Waals surface area contributed by atoms with E-state index in [1.54, 1.807) is 0 Å². The van der Waals surface area contributed by atoms with Gasteiger partial charge in [0.1, 0.15) is 11.9 Å². The smallest absolute Gasteiger partial charge is 0.149 e. The number of hydrogen-bond acceptors (Lipinski definition) is 2. The van der Waals surface area contributed by atoms with E-state index in [1.165, 1.54) is 0 Å². The topological polar surface area (TPSA) is 52.5 Å². The van der Waals surface area contributed by atoms with Crippen LogP contribution in [-0.4, -0.2) is 9.97 Å². The van der Waals surface area contributed by atoms with E-state index in [2.05, 4.69) is 16.0 Å². The number of aromatic amines is 1. The van der Waals surface area contributed by atoms with Crippen LogP contribution in [-0.2, 0) is 0 Å². The first-order valence-corrected chi connectivity index (χ1v) is 6.40.